The Balaban J connectivity index is 2.52. The highest BCUT2D eigenvalue weighted by Gasteiger charge is 2.33. The minimum Gasteiger partial charge on any atom is -0.370 e. The number of nitrogens with one attached hydrogen (secondary N) is 2. The lowest BCUT2D eigenvalue weighted by Crippen LogP contribution is -2.17. The van der Waals surface area contributed by atoms with E-state index in [-0.39, 0.29) is 41.0 Å². The van der Waals surface area contributed by atoms with Crippen LogP contribution >= 0.6 is 0 Å². The number of nitriles is 1. The monoisotopic (exact) mass is 485 g/mol. The van der Waals surface area contributed by atoms with E-state index in [0.29, 0.717) is 0 Å². The van der Waals surface area contributed by atoms with Crippen molar-refractivity contribution < 1.29 is 30.8 Å². The second kappa shape index (κ2) is 9.86. The van der Waals surface area contributed by atoms with Crippen LogP contribution in [0.5, 0.6) is 0 Å². The zero-order valence-corrected chi connectivity index (χ0v) is 18.2. The predicted molar refractivity (Wildman–Crippen MR) is 114 cm³/mol. The number of rotatable bonds is 8. The number of carbonyl (C=O) groups excluding carboxylic acids is 1. The second-order valence-electron chi connectivity index (χ2n) is 6.86. The third-order valence-electron chi connectivity index (χ3n) is 4.16. The van der Waals surface area contributed by atoms with E-state index in [4.69, 9.17) is 5.73 Å². The van der Waals surface area contributed by atoms with Crippen LogP contribution in [0.25, 0.3) is 6.08 Å². The molecule has 0 fully saturated rings. The summed E-state index contributed by atoms with van der Waals surface area (Å²) >= 11 is 0. The number of pyridine rings is 1. The number of amides is 1. The Labute approximate surface area is 187 Å². The number of anilines is 2. The van der Waals surface area contributed by atoms with Crippen molar-refractivity contribution in [3.63, 3.8) is 0 Å². The van der Waals surface area contributed by atoms with Crippen molar-refractivity contribution in [2.24, 2.45) is 5.73 Å². The number of alkyl halides is 3. The van der Waals surface area contributed by atoms with E-state index in [1.165, 1.54) is 12.1 Å². The first-order valence-corrected chi connectivity index (χ1v) is 11.2. The van der Waals surface area contributed by atoms with Crippen LogP contribution in [0.2, 0.25) is 0 Å². The molecule has 0 bridgehead atoms. The van der Waals surface area contributed by atoms with Crippen molar-refractivity contribution in [3.05, 3.63) is 58.0 Å². The molecule has 13 heteroatoms. The van der Waals surface area contributed by atoms with E-state index < -0.39 is 39.3 Å². The van der Waals surface area contributed by atoms with Crippen molar-refractivity contribution in [1.82, 2.24) is 4.98 Å². The van der Waals surface area contributed by atoms with Crippen molar-refractivity contribution in [2.75, 3.05) is 22.8 Å². The zero-order valence-electron chi connectivity index (χ0n) is 17.4. The molecule has 0 saturated heterocycles. The highest BCUT2D eigenvalue weighted by molar-refractivity contribution is 7.92. The van der Waals surface area contributed by atoms with E-state index in [1.807, 2.05) is 4.72 Å². The van der Waals surface area contributed by atoms with Gasteiger partial charge in [-0.1, -0.05) is 0 Å². The van der Waals surface area contributed by atoms with Gasteiger partial charge in [-0.05, 0) is 42.8 Å². The molecule has 0 aliphatic rings. The number of nitrogens with zero attached hydrogens (tertiary/aromatic N) is 2. The SMILES string of the molecule is CCNc1nc(C(F)(F)F)ccc1/C=C(/Cc1cc(F)c(NS(C)(=O)=O)c(C#N)c1)C(N)=O. The van der Waals surface area contributed by atoms with Gasteiger partial charge < -0.3 is 11.1 Å². The first-order chi connectivity index (χ1) is 15.2. The van der Waals surface area contributed by atoms with Gasteiger partial charge in [-0.2, -0.15) is 18.4 Å². The molecule has 176 valence electrons. The van der Waals surface area contributed by atoms with Crippen LogP contribution in [-0.2, 0) is 27.4 Å². The van der Waals surface area contributed by atoms with Crippen LogP contribution in [0.15, 0.2) is 29.8 Å². The molecule has 33 heavy (non-hydrogen) atoms. The fourth-order valence-electron chi connectivity index (χ4n) is 2.81. The quantitative estimate of drug-likeness (QED) is 0.388. The first kappa shape index (κ1) is 25.6. The summed E-state index contributed by atoms with van der Waals surface area (Å²) in [6.45, 7) is 1.88. The summed E-state index contributed by atoms with van der Waals surface area (Å²) in [5.41, 5.74) is 3.52. The Kier molecular flexibility index (Phi) is 7.65. The number of hydrogen-bond donors (Lipinski definition) is 3. The minimum atomic E-state index is -4.67. The van der Waals surface area contributed by atoms with Crippen LogP contribution in [-0.4, -0.2) is 32.1 Å². The standard InChI is InChI=1S/C20H19F4N5O3S/c1-3-27-19-12(4-5-16(28-19)20(22,23)24)9-13(18(26)30)6-11-7-14(10-25)17(15(21)8-11)29-33(2,31)32/h4-5,7-9,29H,3,6H2,1-2H3,(H2,26,30)(H,27,28)/b13-9-. The molecule has 0 atom stereocenters. The van der Waals surface area contributed by atoms with E-state index in [9.17, 15) is 36.0 Å². The largest absolute Gasteiger partial charge is 0.433 e. The van der Waals surface area contributed by atoms with Crippen molar-refractivity contribution in [2.45, 2.75) is 19.5 Å². The minimum absolute atomic E-state index is 0.108. The topological polar surface area (TPSA) is 138 Å². The van der Waals surface area contributed by atoms with Crippen molar-refractivity contribution >= 4 is 33.5 Å². The van der Waals surface area contributed by atoms with Gasteiger partial charge in [0.2, 0.25) is 15.9 Å². The number of benzene rings is 1. The maximum absolute atomic E-state index is 14.5. The summed E-state index contributed by atoms with van der Waals surface area (Å²) < 4.78 is 78.1. The molecule has 1 heterocycles. The van der Waals surface area contributed by atoms with Crippen LogP contribution in [0.1, 0.15) is 29.3 Å². The molecule has 1 aromatic heterocycles. The molecule has 0 aliphatic carbocycles. The Morgan fingerprint density at radius 1 is 1.30 bits per heavy atom. The van der Waals surface area contributed by atoms with Crippen LogP contribution in [0.4, 0.5) is 29.1 Å². The van der Waals surface area contributed by atoms with E-state index in [2.05, 4.69) is 10.3 Å². The molecule has 4 N–H and O–H groups in total. The van der Waals surface area contributed by atoms with Crippen molar-refractivity contribution in [3.8, 4) is 6.07 Å². The lowest BCUT2D eigenvalue weighted by atomic mass is 9.99. The Bertz CT molecular complexity index is 1250. The summed E-state index contributed by atoms with van der Waals surface area (Å²) in [4.78, 5) is 15.5. The number of sulfonamides is 1. The fourth-order valence-corrected chi connectivity index (χ4v) is 3.39. The van der Waals surface area contributed by atoms with Gasteiger partial charge >= 0.3 is 6.18 Å². The molecule has 0 saturated carbocycles. The maximum Gasteiger partial charge on any atom is 0.433 e. The highest BCUT2D eigenvalue weighted by Crippen LogP contribution is 2.30. The lowest BCUT2D eigenvalue weighted by Gasteiger charge is -2.13. The number of halogens is 4. The van der Waals surface area contributed by atoms with Crippen LogP contribution in [0.3, 0.4) is 0 Å². The van der Waals surface area contributed by atoms with Gasteiger partial charge in [0.25, 0.3) is 0 Å². The summed E-state index contributed by atoms with van der Waals surface area (Å²) in [6.07, 6.45) is -2.96. The maximum atomic E-state index is 14.5. The van der Waals surface area contributed by atoms with Gasteiger partial charge in [0.1, 0.15) is 29.1 Å². The fraction of sp³-hybridized carbons (Fsp3) is 0.250. The van der Waals surface area contributed by atoms with Gasteiger partial charge in [0, 0.05) is 24.1 Å². The number of aromatic nitrogens is 1. The predicted octanol–water partition coefficient (Wildman–Crippen LogP) is 3.03. The number of primary amides is 1. The number of hydrogen-bond acceptors (Lipinski definition) is 6. The number of nitrogens with two attached hydrogens (primary N) is 1. The molecule has 0 unspecified atom stereocenters. The van der Waals surface area contributed by atoms with Gasteiger partial charge in [0.05, 0.1) is 11.8 Å². The molecule has 1 aromatic carbocycles. The second-order valence-corrected chi connectivity index (χ2v) is 8.61. The average molecular weight is 485 g/mol. The summed E-state index contributed by atoms with van der Waals surface area (Å²) in [5.74, 6) is -2.12. The van der Waals surface area contributed by atoms with Gasteiger partial charge in [-0.25, -0.2) is 17.8 Å². The first-order valence-electron chi connectivity index (χ1n) is 9.28. The van der Waals surface area contributed by atoms with E-state index in [0.717, 1.165) is 24.5 Å². The molecule has 1 amide bonds. The van der Waals surface area contributed by atoms with Gasteiger partial charge in [0.15, 0.2) is 0 Å². The Morgan fingerprint density at radius 3 is 2.48 bits per heavy atom. The van der Waals surface area contributed by atoms with E-state index >= 15 is 0 Å². The average Bonchev–Trinajstić information content (AvgIpc) is 2.68. The summed E-state index contributed by atoms with van der Waals surface area (Å²) in [6, 6.07) is 5.61. The molecular weight excluding hydrogens is 466 g/mol. The third kappa shape index (κ3) is 6.91. The zero-order chi connectivity index (χ0) is 25.0. The van der Waals surface area contributed by atoms with Crippen LogP contribution < -0.4 is 15.8 Å². The molecular formula is C20H19F4N5O3S. The Morgan fingerprint density at radius 2 is 1.97 bits per heavy atom. The normalized spacial score (nSPS) is 12.2. The van der Waals surface area contributed by atoms with Gasteiger partial charge in [-0.3, -0.25) is 9.52 Å². The lowest BCUT2D eigenvalue weighted by molar-refractivity contribution is -0.141. The Hall–Kier alpha value is -3.66. The van der Waals surface area contributed by atoms with Crippen LogP contribution in [0, 0.1) is 17.1 Å². The molecule has 2 aromatic rings. The molecule has 0 radical (unpaired) electrons. The molecule has 0 aliphatic heterocycles. The molecule has 2 rings (SSSR count). The highest BCUT2D eigenvalue weighted by atomic mass is 32.2. The molecule has 8 nitrogen and oxygen atoms in total. The third-order valence-corrected chi connectivity index (χ3v) is 4.73. The van der Waals surface area contributed by atoms with Gasteiger partial charge in [-0.15, -0.1) is 0 Å². The van der Waals surface area contributed by atoms with Crippen molar-refractivity contribution in [1.29, 1.82) is 5.26 Å². The molecule has 0 spiro atoms. The summed E-state index contributed by atoms with van der Waals surface area (Å²) in [7, 11) is -3.87. The van der Waals surface area contributed by atoms with E-state index in [1.54, 1.807) is 13.0 Å². The summed E-state index contributed by atoms with van der Waals surface area (Å²) in [5, 5.41) is 11.9. The number of carbonyl (C=O) groups is 1. The smallest absolute Gasteiger partial charge is 0.370 e.